The minimum absolute atomic E-state index is 0.0119. The van der Waals surface area contributed by atoms with Gasteiger partial charge in [-0.25, -0.2) is 0 Å². The monoisotopic (exact) mass is 249 g/mol. The van der Waals surface area contributed by atoms with Crippen LogP contribution < -0.4 is 5.32 Å². The van der Waals surface area contributed by atoms with Crippen LogP contribution in [-0.2, 0) is 6.42 Å². The first kappa shape index (κ1) is 11.9. The molecule has 1 N–H and O–H groups in total. The zero-order valence-corrected chi connectivity index (χ0v) is 10.7. The molecule has 4 heteroatoms. The molecule has 0 aliphatic carbocycles. The first-order chi connectivity index (χ1) is 8.15. The van der Waals surface area contributed by atoms with Gasteiger partial charge in [-0.3, -0.25) is 4.79 Å². The second-order valence-corrected chi connectivity index (χ2v) is 5.06. The van der Waals surface area contributed by atoms with Crippen LogP contribution in [-0.4, -0.2) is 11.9 Å². The fourth-order valence-electron chi connectivity index (χ4n) is 1.63. The van der Waals surface area contributed by atoms with Crippen molar-refractivity contribution in [2.75, 3.05) is 0 Å². The van der Waals surface area contributed by atoms with Crippen LogP contribution >= 0.6 is 11.3 Å². The summed E-state index contributed by atoms with van der Waals surface area (Å²) >= 11 is 1.47. The number of hydrogen-bond acceptors (Lipinski definition) is 3. The number of amides is 1. The smallest absolute Gasteiger partial charge is 0.261 e. The molecular formula is C13H15NO2S. The van der Waals surface area contributed by atoms with Crippen molar-refractivity contribution in [2.45, 2.75) is 26.3 Å². The largest absolute Gasteiger partial charge is 0.469 e. The average Bonchev–Trinajstić information content (AvgIpc) is 2.89. The molecule has 90 valence electrons. The summed E-state index contributed by atoms with van der Waals surface area (Å²) in [6.07, 6.45) is 2.36. The Morgan fingerprint density at radius 3 is 3.00 bits per heavy atom. The summed E-state index contributed by atoms with van der Waals surface area (Å²) in [6, 6.07) is 5.74. The third-order valence-corrected chi connectivity index (χ3v) is 3.47. The number of carbonyl (C=O) groups excluding carboxylic acids is 1. The van der Waals surface area contributed by atoms with Gasteiger partial charge < -0.3 is 9.73 Å². The van der Waals surface area contributed by atoms with E-state index < -0.39 is 0 Å². The van der Waals surface area contributed by atoms with Crippen LogP contribution in [0.25, 0.3) is 0 Å². The van der Waals surface area contributed by atoms with Crippen molar-refractivity contribution in [2.24, 2.45) is 0 Å². The normalized spacial score (nSPS) is 12.4. The molecule has 2 heterocycles. The van der Waals surface area contributed by atoms with Crippen LogP contribution in [0.3, 0.4) is 0 Å². The minimum atomic E-state index is -0.0119. The van der Waals surface area contributed by atoms with E-state index in [0.29, 0.717) is 6.42 Å². The number of nitrogens with one attached hydrogen (secondary N) is 1. The quantitative estimate of drug-likeness (QED) is 0.905. The van der Waals surface area contributed by atoms with Crippen molar-refractivity contribution in [1.82, 2.24) is 5.32 Å². The van der Waals surface area contributed by atoms with Gasteiger partial charge in [-0.15, -0.1) is 11.3 Å². The highest BCUT2D eigenvalue weighted by atomic mass is 32.1. The first-order valence-corrected chi connectivity index (χ1v) is 6.41. The maximum Gasteiger partial charge on any atom is 0.261 e. The van der Waals surface area contributed by atoms with Gasteiger partial charge in [0.1, 0.15) is 5.76 Å². The summed E-state index contributed by atoms with van der Waals surface area (Å²) < 4.78 is 5.25. The van der Waals surface area contributed by atoms with Gasteiger partial charge in [0.25, 0.3) is 5.91 Å². The summed E-state index contributed by atoms with van der Waals surface area (Å²) in [5.41, 5.74) is 1.12. The molecule has 0 saturated carbocycles. The summed E-state index contributed by atoms with van der Waals surface area (Å²) in [4.78, 5) is 12.6. The zero-order valence-electron chi connectivity index (χ0n) is 9.90. The number of furan rings is 1. The molecule has 1 unspecified atom stereocenters. The van der Waals surface area contributed by atoms with Crippen LogP contribution in [0.5, 0.6) is 0 Å². The van der Waals surface area contributed by atoms with Crippen molar-refractivity contribution in [3.8, 4) is 0 Å². The molecule has 0 bridgehead atoms. The van der Waals surface area contributed by atoms with Crippen molar-refractivity contribution < 1.29 is 9.21 Å². The summed E-state index contributed by atoms with van der Waals surface area (Å²) in [5, 5.41) is 4.94. The molecule has 0 fully saturated rings. The van der Waals surface area contributed by atoms with Gasteiger partial charge in [0, 0.05) is 12.5 Å². The van der Waals surface area contributed by atoms with E-state index >= 15 is 0 Å². The molecule has 0 aliphatic heterocycles. The number of rotatable bonds is 4. The molecule has 0 spiro atoms. The number of carbonyl (C=O) groups is 1. The highest BCUT2D eigenvalue weighted by Gasteiger charge is 2.12. The average molecular weight is 249 g/mol. The second kappa shape index (κ2) is 5.19. The van der Waals surface area contributed by atoms with Gasteiger partial charge in [-0.1, -0.05) is 0 Å². The van der Waals surface area contributed by atoms with Crippen molar-refractivity contribution in [1.29, 1.82) is 0 Å². The van der Waals surface area contributed by atoms with E-state index in [1.54, 1.807) is 6.26 Å². The second-order valence-electron chi connectivity index (χ2n) is 4.15. The molecule has 1 amide bonds. The van der Waals surface area contributed by atoms with E-state index in [1.807, 2.05) is 37.4 Å². The summed E-state index contributed by atoms with van der Waals surface area (Å²) in [5.74, 6) is 0.877. The molecule has 17 heavy (non-hydrogen) atoms. The lowest BCUT2D eigenvalue weighted by Gasteiger charge is -2.11. The van der Waals surface area contributed by atoms with E-state index in [2.05, 4.69) is 5.32 Å². The first-order valence-electron chi connectivity index (χ1n) is 5.53. The van der Waals surface area contributed by atoms with Gasteiger partial charge in [0.05, 0.1) is 11.1 Å². The molecule has 1 atom stereocenters. The van der Waals surface area contributed by atoms with E-state index in [0.717, 1.165) is 16.2 Å². The van der Waals surface area contributed by atoms with Gasteiger partial charge in [-0.05, 0) is 43.0 Å². The minimum Gasteiger partial charge on any atom is -0.469 e. The van der Waals surface area contributed by atoms with E-state index in [-0.39, 0.29) is 11.9 Å². The molecule has 0 saturated heterocycles. The van der Waals surface area contributed by atoms with Crippen LogP contribution in [0.2, 0.25) is 0 Å². The highest BCUT2D eigenvalue weighted by Crippen LogP contribution is 2.14. The Hall–Kier alpha value is -1.55. The fourth-order valence-corrected chi connectivity index (χ4v) is 2.43. The maximum atomic E-state index is 11.9. The molecule has 3 nitrogen and oxygen atoms in total. The fraction of sp³-hybridized carbons (Fsp3) is 0.308. The van der Waals surface area contributed by atoms with Gasteiger partial charge >= 0.3 is 0 Å². The summed E-state index contributed by atoms with van der Waals surface area (Å²) in [7, 11) is 0. The zero-order chi connectivity index (χ0) is 12.3. The Balaban J connectivity index is 1.90. The highest BCUT2D eigenvalue weighted by molar-refractivity contribution is 7.12. The van der Waals surface area contributed by atoms with Crippen molar-refractivity contribution in [3.05, 3.63) is 46.0 Å². The molecule has 2 aromatic rings. The number of aryl methyl sites for hydroxylation is 1. The van der Waals surface area contributed by atoms with Crippen LogP contribution in [0, 0.1) is 6.92 Å². The molecular weight excluding hydrogens is 234 g/mol. The number of thiophene rings is 1. The Labute approximate surface area is 104 Å². The standard InChI is InChI=1S/C13H15NO2S/c1-9-6-12(17-8-9)13(15)14-10(2)7-11-4-3-5-16-11/h3-6,8,10H,7H2,1-2H3,(H,14,15). The molecule has 2 rings (SSSR count). The third-order valence-electron chi connectivity index (χ3n) is 2.42. The van der Waals surface area contributed by atoms with Gasteiger partial charge in [0.2, 0.25) is 0 Å². The van der Waals surface area contributed by atoms with Gasteiger partial charge in [-0.2, -0.15) is 0 Å². The molecule has 0 radical (unpaired) electrons. The Bertz CT molecular complexity index is 487. The van der Waals surface area contributed by atoms with Crippen LogP contribution in [0.15, 0.2) is 34.3 Å². The molecule has 2 aromatic heterocycles. The van der Waals surface area contributed by atoms with Crippen LogP contribution in [0.4, 0.5) is 0 Å². The predicted octanol–water partition coefficient (Wildman–Crippen LogP) is 3.01. The third kappa shape index (κ3) is 3.20. The van der Waals surface area contributed by atoms with E-state index in [4.69, 9.17) is 4.42 Å². The van der Waals surface area contributed by atoms with Crippen molar-refractivity contribution in [3.63, 3.8) is 0 Å². The Morgan fingerprint density at radius 2 is 2.41 bits per heavy atom. The molecule has 0 aliphatic rings. The van der Waals surface area contributed by atoms with Crippen LogP contribution in [0.1, 0.15) is 27.9 Å². The van der Waals surface area contributed by atoms with Crippen molar-refractivity contribution >= 4 is 17.2 Å². The summed E-state index contributed by atoms with van der Waals surface area (Å²) in [6.45, 7) is 3.96. The lowest BCUT2D eigenvalue weighted by Crippen LogP contribution is -2.33. The topological polar surface area (TPSA) is 42.2 Å². The SMILES string of the molecule is Cc1csc(C(=O)NC(C)Cc2ccco2)c1. The van der Waals surface area contributed by atoms with E-state index in [1.165, 1.54) is 11.3 Å². The lowest BCUT2D eigenvalue weighted by atomic mass is 10.2. The van der Waals surface area contributed by atoms with E-state index in [9.17, 15) is 4.79 Å². The number of hydrogen-bond donors (Lipinski definition) is 1. The molecule has 0 aromatic carbocycles. The Morgan fingerprint density at radius 1 is 1.59 bits per heavy atom. The maximum absolute atomic E-state index is 11.9. The Kier molecular flexibility index (Phi) is 3.64. The predicted molar refractivity (Wildman–Crippen MR) is 68.4 cm³/mol. The van der Waals surface area contributed by atoms with Gasteiger partial charge in [0.15, 0.2) is 0 Å². The lowest BCUT2D eigenvalue weighted by molar-refractivity contribution is 0.0943.